The maximum Gasteiger partial charge on any atom is 0.0542 e. The Labute approximate surface area is 410 Å². The molecule has 6 aromatic carbocycles. The Morgan fingerprint density at radius 1 is 0.565 bits per heavy atom. The summed E-state index contributed by atoms with van der Waals surface area (Å²) in [6, 6.07) is 49.9. The van der Waals surface area contributed by atoms with Crippen molar-refractivity contribution < 1.29 is 0 Å². The first-order chi connectivity index (χ1) is 34.1. The van der Waals surface area contributed by atoms with Crippen molar-refractivity contribution in [1.82, 2.24) is 9.13 Å². The molecule has 346 valence electrons. The Bertz CT molecular complexity index is 3230. The van der Waals surface area contributed by atoms with Gasteiger partial charge in [0, 0.05) is 55.9 Å². The summed E-state index contributed by atoms with van der Waals surface area (Å²) in [7, 11) is 0. The second-order valence-corrected chi connectivity index (χ2v) is 16.2. The van der Waals surface area contributed by atoms with Crippen LogP contribution in [0.1, 0.15) is 77.1 Å². The van der Waals surface area contributed by atoms with Gasteiger partial charge in [0.05, 0.1) is 22.2 Å². The molecule has 4 heteroatoms. The van der Waals surface area contributed by atoms with Crippen LogP contribution < -0.4 is 10.6 Å². The van der Waals surface area contributed by atoms with Gasteiger partial charge >= 0.3 is 0 Å². The molecule has 0 bridgehead atoms. The van der Waals surface area contributed by atoms with Gasteiger partial charge in [-0.3, -0.25) is 0 Å². The summed E-state index contributed by atoms with van der Waals surface area (Å²) in [5.41, 5.74) is 22.4. The number of anilines is 3. The van der Waals surface area contributed by atoms with Gasteiger partial charge in [0.2, 0.25) is 0 Å². The lowest BCUT2D eigenvalue weighted by Crippen LogP contribution is -2.17. The molecular weight excluding hydrogens is 837 g/mol. The Balaban J connectivity index is 0.000000235. The summed E-state index contributed by atoms with van der Waals surface area (Å²) in [5.74, 6) is 0. The molecule has 0 atom stereocenters. The first-order valence-electron chi connectivity index (χ1n) is 24.5. The lowest BCUT2D eigenvalue weighted by atomic mass is 10.0. The average molecular weight is 903 g/mol. The van der Waals surface area contributed by atoms with Crippen molar-refractivity contribution in [1.29, 1.82) is 0 Å². The van der Waals surface area contributed by atoms with Crippen molar-refractivity contribution in [3.05, 3.63) is 242 Å². The average Bonchev–Trinajstić information content (AvgIpc) is 3.91. The normalized spacial score (nSPS) is 13.1. The number of rotatable bonds is 11. The van der Waals surface area contributed by atoms with Crippen molar-refractivity contribution in [2.75, 3.05) is 10.6 Å². The Morgan fingerprint density at radius 2 is 1.20 bits per heavy atom. The molecule has 10 rings (SSSR count). The van der Waals surface area contributed by atoms with Crippen LogP contribution in [-0.2, 0) is 0 Å². The highest BCUT2D eigenvalue weighted by Crippen LogP contribution is 2.40. The molecule has 0 unspecified atom stereocenters. The van der Waals surface area contributed by atoms with E-state index in [0.717, 1.165) is 59.2 Å². The highest BCUT2D eigenvalue weighted by Gasteiger charge is 2.20. The van der Waals surface area contributed by atoms with Crippen LogP contribution in [0.5, 0.6) is 0 Å². The SMILES string of the molecule is C=C/C=C\C=C/c1ccc(-c2ccc(N(C3=CC=CCC3)c3ccc4c(c3)c3ccccc3n4C3=CC=CCC3)cc2)cc1.C=Cc1c(/C=C\C)c2cc(N)ccc2n1-c1ccccc1.CC.CC. The van der Waals surface area contributed by atoms with E-state index in [2.05, 4.69) is 185 Å². The summed E-state index contributed by atoms with van der Waals surface area (Å²) in [4.78, 5) is 2.44. The minimum atomic E-state index is 0.772. The molecule has 2 aliphatic rings. The first kappa shape index (κ1) is 48.8. The van der Waals surface area contributed by atoms with E-state index < -0.39 is 0 Å². The quantitative estimate of drug-likeness (QED) is 0.104. The molecule has 69 heavy (non-hydrogen) atoms. The van der Waals surface area contributed by atoms with Crippen LogP contribution in [0, 0.1) is 0 Å². The minimum absolute atomic E-state index is 0.772. The van der Waals surface area contributed by atoms with E-state index >= 15 is 0 Å². The van der Waals surface area contributed by atoms with E-state index in [1.165, 1.54) is 61.3 Å². The van der Waals surface area contributed by atoms with Crippen LogP contribution in [0.3, 0.4) is 0 Å². The fourth-order valence-electron chi connectivity index (χ4n) is 9.09. The number of benzene rings is 6. The van der Waals surface area contributed by atoms with Crippen LogP contribution >= 0.6 is 0 Å². The van der Waals surface area contributed by atoms with Crippen molar-refractivity contribution in [3.8, 4) is 16.8 Å². The zero-order valence-electron chi connectivity index (χ0n) is 41.0. The molecule has 0 spiro atoms. The van der Waals surface area contributed by atoms with E-state index in [0.29, 0.717) is 0 Å². The maximum atomic E-state index is 5.97. The molecule has 0 radical (unpaired) electrons. The number of hydrogen-bond acceptors (Lipinski definition) is 2. The second kappa shape index (κ2) is 24.1. The van der Waals surface area contributed by atoms with Crippen molar-refractivity contribution in [2.24, 2.45) is 0 Å². The highest BCUT2D eigenvalue weighted by atomic mass is 15.1. The molecule has 2 heterocycles. The third kappa shape index (κ3) is 10.9. The smallest absolute Gasteiger partial charge is 0.0542 e. The Kier molecular flexibility index (Phi) is 17.1. The first-order valence-corrected chi connectivity index (χ1v) is 24.5. The van der Waals surface area contributed by atoms with Gasteiger partial charge in [-0.15, -0.1) is 0 Å². The zero-order valence-corrected chi connectivity index (χ0v) is 41.0. The van der Waals surface area contributed by atoms with Gasteiger partial charge in [-0.2, -0.15) is 0 Å². The predicted octanol–water partition coefficient (Wildman–Crippen LogP) is 18.7. The molecule has 4 nitrogen and oxygen atoms in total. The molecule has 2 N–H and O–H groups in total. The predicted molar refractivity (Wildman–Crippen MR) is 306 cm³/mol. The monoisotopic (exact) mass is 903 g/mol. The van der Waals surface area contributed by atoms with Gasteiger partial charge < -0.3 is 19.8 Å². The molecule has 2 aliphatic carbocycles. The topological polar surface area (TPSA) is 39.1 Å². The number of para-hydroxylation sites is 2. The van der Waals surface area contributed by atoms with Crippen LogP contribution in [0.2, 0.25) is 0 Å². The van der Waals surface area contributed by atoms with Crippen LogP contribution in [0.15, 0.2) is 225 Å². The number of nitrogens with two attached hydrogens (primary N) is 1. The van der Waals surface area contributed by atoms with Crippen molar-refractivity contribution in [2.45, 2.75) is 60.3 Å². The van der Waals surface area contributed by atoms with Gasteiger partial charge in [-0.1, -0.05) is 180 Å². The van der Waals surface area contributed by atoms with E-state index in [-0.39, 0.29) is 0 Å². The van der Waals surface area contributed by atoms with Crippen LogP contribution in [0.25, 0.3) is 73.4 Å². The third-order valence-electron chi connectivity index (χ3n) is 12.1. The van der Waals surface area contributed by atoms with E-state index in [4.69, 9.17) is 5.73 Å². The number of nitrogens with zero attached hydrogens (tertiary/aromatic N) is 3. The summed E-state index contributed by atoms with van der Waals surface area (Å²) in [6.45, 7) is 17.7. The molecule has 0 saturated carbocycles. The zero-order chi connectivity index (χ0) is 48.5. The molecular formula is C65H66N4. The third-order valence-corrected chi connectivity index (χ3v) is 12.1. The standard InChI is InChI=1S/C42H36N2.C19H18N2.2C2H6/c1-2-3-4-7-14-32-21-23-33(24-22-32)34-25-27-37(28-26-34)43(35-15-8-5-9-16-35)38-29-30-42-40(31-38)39-19-12-13-20-41(39)44(42)36-17-10-6-11-18-36;1-3-8-16-17-13-14(20)11-12-19(17)21(18(16)4-2)15-9-6-5-7-10-15;2*1-2/h2-8,10,12-15,17,19-31H,1,9,11,16,18H2;3-13H,2,20H2,1H3;2*1-2H3/b4-3-,14-7-;8-3-;;. The van der Waals surface area contributed by atoms with E-state index in [9.17, 15) is 0 Å². The minimum Gasteiger partial charge on any atom is -0.399 e. The lowest BCUT2D eigenvalue weighted by molar-refractivity contribution is 0.918. The maximum absolute atomic E-state index is 5.97. The number of nitrogen functional groups attached to an aromatic ring is 1. The molecule has 0 saturated heterocycles. The number of aromatic nitrogens is 2. The molecule has 0 aliphatic heterocycles. The fourth-order valence-corrected chi connectivity index (χ4v) is 9.09. The lowest BCUT2D eigenvalue weighted by Gasteiger charge is -2.29. The second-order valence-electron chi connectivity index (χ2n) is 16.2. The van der Waals surface area contributed by atoms with E-state index in [1.807, 2.05) is 95.3 Å². The van der Waals surface area contributed by atoms with Gasteiger partial charge in [-0.25, -0.2) is 0 Å². The molecule has 2 aromatic heterocycles. The van der Waals surface area contributed by atoms with Gasteiger partial charge in [0.1, 0.15) is 0 Å². The highest BCUT2D eigenvalue weighted by molar-refractivity contribution is 6.11. The van der Waals surface area contributed by atoms with Crippen molar-refractivity contribution >= 4 is 73.7 Å². The number of hydrogen-bond donors (Lipinski definition) is 1. The number of fused-ring (bicyclic) bond motifs is 4. The largest absolute Gasteiger partial charge is 0.399 e. The molecule has 0 fully saturated rings. The van der Waals surface area contributed by atoms with E-state index in [1.54, 1.807) is 6.08 Å². The van der Waals surface area contributed by atoms with Gasteiger partial charge in [0.15, 0.2) is 0 Å². The Morgan fingerprint density at radius 3 is 1.87 bits per heavy atom. The van der Waals surface area contributed by atoms with Crippen LogP contribution in [0.4, 0.5) is 17.1 Å². The molecule has 0 amide bonds. The van der Waals surface area contributed by atoms with Crippen molar-refractivity contribution in [3.63, 3.8) is 0 Å². The summed E-state index contributed by atoms with van der Waals surface area (Å²) in [6.07, 6.45) is 33.5. The Hall–Kier alpha value is -8.08. The fraction of sp³-hybridized carbons (Fsp3) is 0.138. The van der Waals surface area contributed by atoms with Gasteiger partial charge in [-0.05, 0) is 134 Å². The number of allylic oxidation sites excluding steroid dienone is 13. The summed E-state index contributed by atoms with van der Waals surface area (Å²) >= 11 is 0. The molecule has 8 aromatic rings. The van der Waals surface area contributed by atoms with Gasteiger partial charge in [0.25, 0.3) is 0 Å². The van der Waals surface area contributed by atoms with Crippen LogP contribution in [-0.4, -0.2) is 9.13 Å². The summed E-state index contributed by atoms with van der Waals surface area (Å²) < 4.78 is 4.68. The summed E-state index contributed by atoms with van der Waals surface area (Å²) in [5, 5.41) is 3.73.